The second-order valence-electron chi connectivity index (χ2n) is 4.28. The standard InChI is InChI=1S/C12H13F3N2O4/c1-8(19)10-6-9(17(20)21)2-3-11(10)16(4-5-18)7-12(13,14)15/h2-3,6,18H,4-5,7H2,1H3. The van der Waals surface area contributed by atoms with E-state index < -0.39 is 30.0 Å². The third kappa shape index (κ3) is 4.71. The van der Waals surface area contributed by atoms with E-state index in [-0.39, 0.29) is 23.5 Å². The number of anilines is 1. The summed E-state index contributed by atoms with van der Waals surface area (Å²) in [5.74, 6) is -0.598. The minimum absolute atomic E-state index is 0.0977. The summed E-state index contributed by atoms with van der Waals surface area (Å²) in [7, 11) is 0. The lowest BCUT2D eigenvalue weighted by Crippen LogP contribution is -2.37. The first kappa shape index (κ1) is 16.9. The third-order valence-electron chi connectivity index (χ3n) is 2.65. The first-order chi connectivity index (χ1) is 9.65. The maximum absolute atomic E-state index is 12.5. The van der Waals surface area contributed by atoms with E-state index in [1.165, 1.54) is 0 Å². The fraction of sp³-hybridized carbons (Fsp3) is 0.417. The molecule has 0 fully saturated rings. The summed E-state index contributed by atoms with van der Waals surface area (Å²) in [4.78, 5) is 22.2. The molecule has 0 heterocycles. The number of aliphatic hydroxyl groups is 1. The number of ketones is 1. The molecule has 1 aromatic carbocycles. The monoisotopic (exact) mass is 306 g/mol. The lowest BCUT2D eigenvalue weighted by molar-refractivity contribution is -0.384. The molecule has 6 nitrogen and oxygen atoms in total. The number of aliphatic hydroxyl groups excluding tert-OH is 1. The SMILES string of the molecule is CC(=O)c1cc([N+](=O)[O-])ccc1N(CCO)CC(F)(F)F. The molecule has 1 aromatic rings. The summed E-state index contributed by atoms with van der Waals surface area (Å²) in [5.41, 5.74) is -0.679. The molecule has 0 saturated heterocycles. The molecular weight excluding hydrogens is 293 g/mol. The van der Waals surface area contributed by atoms with Gasteiger partial charge in [0.25, 0.3) is 5.69 Å². The molecular formula is C12H13F3N2O4. The van der Waals surface area contributed by atoms with E-state index in [9.17, 15) is 28.1 Å². The Balaban J connectivity index is 3.29. The molecule has 0 unspecified atom stereocenters. The maximum atomic E-state index is 12.5. The molecule has 0 bridgehead atoms. The number of alkyl halides is 3. The van der Waals surface area contributed by atoms with Crippen LogP contribution in [0, 0.1) is 10.1 Å². The lowest BCUT2D eigenvalue weighted by Gasteiger charge is -2.26. The molecule has 0 aliphatic rings. The predicted octanol–water partition coefficient (Wildman–Crippen LogP) is 2.16. The molecule has 0 spiro atoms. The van der Waals surface area contributed by atoms with Crippen molar-refractivity contribution in [2.45, 2.75) is 13.1 Å². The average molecular weight is 306 g/mol. The number of hydrogen-bond donors (Lipinski definition) is 1. The topological polar surface area (TPSA) is 83.7 Å². The van der Waals surface area contributed by atoms with Gasteiger partial charge in [-0.1, -0.05) is 0 Å². The van der Waals surface area contributed by atoms with Crippen molar-refractivity contribution in [1.29, 1.82) is 0 Å². The van der Waals surface area contributed by atoms with Crippen LogP contribution in [0.15, 0.2) is 18.2 Å². The minimum atomic E-state index is -4.54. The number of non-ortho nitro benzene ring substituents is 1. The number of halogens is 3. The molecule has 0 radical (unpaired) electrons. The zero-order valence-corrected chi connectivity index (χ0v) is 11.1. The number of benzene rings is 1. The van der Waals surface area contributed by atoms with Gasteiger partial charge in [0, 0.05) is 29.9 Å². The van der Waals surface area contributed by atoms with Gasteiger partial charge in [-0.3, -0.25) is 14.9 Å². The summed E-state index contributed by atoms with van der Waals surface area (Å²) < 4.78 is 37.6. The van der Waals surface area contributed by atoms with Crippen LogP contribution < -0.4 is 4.90 Å². The van der Waals surface area contributed by atoms with Gasteiger partial charge in [0.15, 0.2) is 5.78 Å². The highest BCUT2D eigenvalue weighted by molar-refractivity contribution is 6.00. The Morgan fingerprint density at radius 2 is 2.05 bits per heavy atom. The molecule has 9 heteroatoms. The van der Waals surface area contributed by atoms with Gasteiger partial charge in [-0.2, -0.15) is 13.2 Å². The van der Waals surface area contributed by atoms with Crippen molar-refractivity contribution < 1.29 is 28.0 Å². The first-order valence-corrected chi connectivity index (χ1v) is 5.87. The first-order valence-electron chi connectivity index (χ1n) is 5.87. The molecule has 0 aromatic heterocycles. The summed E-state index contributed by atoms with van der Waals surface area (Å²) in [6.45, 7) is -1.17. The summed E-state index contributed by atoms with van der Waals surface area (Å²) in [5, 5.41) is 19.5. The van der Waals surface area contributed by atoms with Crippen molar-refractivity contribution in [3.05, 3.63) is 33.9 Å². The van der Waals surface area contributed by atoms with Crippen LogP contribution in [0.1, 0.15) is 17.3 Å². The molecule has 1 rings (SSSR count). The zero-order valence-electron chi connectivity index (χ0n) is 11.1. The van der Waals surface area contributed by atoms with Crippen LogP contribution in [-0.2, 0) is 0 Å². The highest BCUT2D eigenvalue weighted by atomic mass is 19.4. The van der Waals surface area contributed by atoms with E-state index in [2.05, 4.69) is 0 Å². The fourth-order valence-electron chi connectivity index (χ4n) is 1.82. The van der Waals surface area contributed by atoms with Gasteiger partial charge in [0.1, 0.15) is 6.54 Å². The minimum Gasteiger partial charge on any atom is -0.395 e. The van der Waals surface area contributed by atoms with Gasteiger partial charge in [-0.05, 0) is 13.0 Å². The van der Waals surface area contributed by atoms with E-state index in [4.69, 9.17) is 5.11 Å². The number of nitro benzene ring substituents is 1. The van der Waals surface area contributed by atoms with Crippen LogP contribution in [0.25, 0.3) is 0 Å². The van der Waals surface area contributed by atoms with Gasteiger partial charge in [0.2, 0.25) is 0 Å². The fourth-order valence-corrected chi connectivity index (χ4v) is 1.82. The lowest BCUT2D eigenvalue weighted by atomic mass is 10.1. The molecule has 21 heavy (non-hydrogen) atoms. The van der Waals surface area contributed by atoms with Crippen LogP contribution in [0.4, 0.5) is 24.5 Å². The van der Waals surface area contributed by atoms with Crippen LogP contribution in [0.2, 0.25) is 0 Å². The third-order valence-corrected chi connectivity index (χ3v) is 2.65. The predicted molar refractivity (Wildman–Crippen MR) is 68.5 cm³/mol. The van der Waals surface area contributed by atoms with Gasteiger partial charge < -0.3 is 10.0 Å². The summed E-state index contributed by atoms with van der Waals surface area (Å²) in [6, 6.07) is 3.03. The van der Waals surface area contributed by atoms with E-state index in [0.717, 1.165) is 30.0 Å². The van der Waals surface area contributed by atoms with Crippen LogP contribution >= 0.6 is 0 Å². The number of carbonyl (C=O) groups is 1. The molecule has 116 valence electrons. The van der Waals surface area contributed by atoms with Crippen LogP contribution in [0.5, 0.6) is 0 Å². The summed E-state index contributed by atoms with van der Waals surface area (Å²) in [6.07, 6.45) is -4.54. The smallest absolute Gasteiger partial charge is 0.395 e. The maximum Gasteiger partial charge on any atom is 0.405 e. The van der Waals surface area contributed by atoms with Crippen LogP contribution in [0.3, 0.4) is 0 Å². The Hall–Kier alpha value is -2.16. The highest BCUT2D eigenvalue weighted by Crippen LogP contribution is 2.28. The van der Waals surface area contributed by atoms with Crippen molar-refractivity contribution in [3.8, 4) is 0 Å². The number of Topliss-reactive ketones (excluding diaryl/α,β-unsaturated/α-hetero) is 1. The Bertz CT molecular complexity index is 546. The molecule has 0 atom stereocenters. The highest BCUT2D eigenvalue weighted by Gasteiger charge is 2.32. The Morgan fingerprint density at radius 3 is 2.48 bits per heavy atom. The molecule has 0 aliphatic heterocycles. The quantitative estimate of drug-likeness (QED) is 0.494. The van der Waals surface area contributed by atoms with Gasteiger partial charge in [-0.25, -0.2) is 0 Å². The molecule has 0 aliphatic carbocycles. The number of rotatable bonds is 6. The van der Waals surface area contributed by atoms with Crippen molar-refractivity contribution in [1.82, 2.24) is 0 Å². The van der Waals surface area contributed by atoms with E-state index in [1.54, 1.807) is 0 Å². The Kier molecular flexibility index (Phi) is 5.25. The molecule has 0 amide bonds. The molecule has 1 N–H and O–H groups in total. The van der Waals surface area contributed by atoms with E-state index >= 15 is 0 Å². The van der Waals surface area contributed by atoms with Crippen LogP contribution in [-0.4, -0.2) is 41.7 Å². The van der Waals surface area contributed by atoms with Crippen molar-refractivity contribution >= 4 is 17.2 Å². The van der Waals surface area contributed by atoms with Crippen molar-refractivity contribution in [3.63, 3.8) is 0 Å². The van der Waals surface area contributed by atoms with Crippen molar-refractivity contribution in [2.75, 3.05) is 24.6 Å². The normalized spacial score (nSPS) is 11.3. The Labute approximate surface area is 117 Å². The number of hydrogen-bond acceptors (Lipinski definition) is 5. The second-order valence-corrected chi connectivity index (χ2v) is 4.28. The van der Waals surface area contributed by atoms with Gasteiger partial charge in [0.05, 0.1) is 11.5 Å². The van der Waals surface area contributed by atoms with E-state index in [0.29, 0.717) is 0 Å². The van der Waals surface area contributed by atoms with Crippen molar-refractivity contribution in [2.24, 2.45) is 0 Å². The van der Waals surface area contributed by atoms with E-state index in [1.807, 2.05) is 0 Å². The average Bonchev–Trinajstić information content (AvgIpc) is 2.35. The zero-order chi connectivity index (χ0) is 16.2. The second kappa shape index (κ2) is 6.53. The molecule has 0 saturated carbocycles. The summed E-state index contributed by atoms with van der Waals surface area (Å²) >= 11 is 0. The number of nitro groups is 1. The largest absolute Gasteiger partial charge is 0.405 e. The van der Waals surface area contributed by atoms with Gasteiger partial charge in [-0.15, -0.1) is 0 Å². The number of carbonyl (C=O) groups excluding carboxylic acids is 1. The number of nitrogens with zero attached hydrogens (tertiary/aromatic N) is 2. The Morgan fingerprint density at radius 1 is 1.43 bits per heavy atom. The van der Waals surface area contributed by atoms with Gasteiger partial charge >= 0.3 is 6.18 Å².